The predicted octanol–water partition coefficient (Wildman–Crippen LogP) is 0.190. The van der Waals surface area contributed by atoms with E-state index in [1.165, 1.54) is 23.2 Å². The van der Waals surface area contributed by atoms with Crippen LogP contribution in [-0.4, -0.2) is 50.4 Å². The van der Waals surface area contributed by atoms with Gasteiger partial charge in [-0.25, -0.2) is 4.79 Å². The zero-order valence-corrected chi connectivity index (χ0v) is 7.24. The summed E-state index contributed by atoms with van der Waals surface area (Å²) in [6.07, 6.45) is 1.31. The molecule has 0 saturated heterocycles. The number of hydrogen-bond acceptors (Lipinski definition) is 3. The van der Waals surface area contributed by atoms with Crippen LogP contribution in [0.4, 0.5) is 4.79 Å². The second-order valence-corrected chi connectivity index (χ2v) is 2.19. The monoisotopic (exact) mass is 159 g/mol. The quantitative estimate of drug-likeness (QED) is 0.328. The fraction of sp³-hybridized carbons (Fsp3) is 0.667. The summed E-state index contributed by atoms with van der Waals surface area (Å²) in [6.45, 7) is 0. The summed E-state index contributed by atoms with van der Waals surface area (Å²) in [5, 5.41) is 3.43. The molecule has 0 aromatic carbocycles. The highest BCUT2D eigenvalue weighted by atomic mass is 16.6. The summed E-state index contributed by atoms with van der Waals surface area (Å²) < 4.78 is 0. The molecule has 0 saturated carbocycles. The van der Waals surface area contributed by atoms with Crippen molar-refractivity contribution < 1.29 is 9.63 Å². The molecule has 0 heterocycles. The first-order valence-corrected chi connectivity index (χ1v) is 3.10. The average molecular weight is 159 g/mol. The Morgan fingerprint density at radius 3 is 2.36 bits per heavy atom. The summed E-state index contributed by atoms with van der Waals surface area (Å²) >= 11 is 0. The highest BCUT2D eigenvalue weighted by molar-refractivity contribution is 5.85. The number of urea groups is 1. The third-order valence-corrected chi connectivity index (χ3v) is 1.01. The summed E-state index contributed by atoms with van der Waals surface area (Å²) in [7, 11) is 6.36. The molecule has 0 atom stereocenters. The minimum atomic E-state index is -0.147. The lowest BCUT2D eigenvalue weighted by atomic mass is 10.7. The molecule has 0 aliphatic rings. The first-order chi connectivity index (χ1) is 5.09. The molecule has 2 amide bonds. The molecule has 0 rings (SSSR count). The van der Waals surface area contributed by atoms with Gasteiger partial charge < -0.3 is 9.74 Å². The molecule has 0 N–H and O–H groups in total. The van der Waals surface area contributed by atoms with E-state index in [0.717, 1.165) is 0 Å². The van der Waals surface area contributed by atoms with Crippen molar-refractivity contribution in [2.24, 2.45) is 5.16 Å². The number of rotatable bonds is 2. The zero-order chi connectivity index (χ0) is 8.85. The highest BCUT2D eigenvalue weighted by Crippen LogP contribution is 1.86. The fourth-order valence-corrected chi connectivity index (χ4v) is 0.483. The molecule has 0 fully saturated rings. The molecular weight excluding hydrogens is 146 g/mol. The third kappa shape index (κ3) is 3.44. The molecule has 0 aliphatic heterocycles. The van der Waals surface area contributed by atoms with Crippen molar-refractivity contribution in [1.29, 1.82) is 0 Å². The average Bonchev–Trinajstić information content (AvgIpc) is 1.98. The molecule has 0 aliphatic carbocycles. The Bertz CT molecular complexity index is 156. The maximum atomic E-state index is 11.1. The van der Waals surface area contributed by atoms with E-state index in [-0.39, 0.29) is 6.03 Å². The molecule has 64 valence electrons. The minimum absolute atomic E-state index is 0.147. The summed E-state index contributed by atoms with van der Waals surface area (Å²) in [5.41, 5.74) is 0. The minimum Gasteiger partial charge on any atom is -0.398 e. The van der Waals surface area contributed by atoms with Crippen molar-refractivity contribution in [2.45, 2.75) is 0 Å². The normalized spacial score (nSPS) is 9.82. The van der Waals surface area contributed by atoms with Crippen LogP contribution < -0.4 is 0 Å². The largest absolute Gasteiger partial charge is 0.398 e. The van der Waals surface area contributed by atoms with Gasteiger partial charge in [-0.1, -0.05) is 5.16 Å². The molecule has 0 aromatic heterocycles. The fourth-order valence-electron chi connectivity index (χ4n) is 0.483. The van der Waals surface area contributed by atoms with E-state index in [1.54, 1.807) is 21.1 Å². The molecule has 11 heavy (non-hydrogen) atoms. The lowest BCUT2D eigenvalue weighted by Gasteiger charge is -2.16. The van der Waals surface area contributed by atoms with Gasteiger partial charge in [-0.15, -0.1) is 0 Å². The second kappa shape index (κ2) is 4.54. The predicted molar refractivity (Wildman–Crippen MR) is 42.3 cm³/mol. The Kier molecular flexibility index (Phi) is 4.02. The van der Waals surface area contributed by atoms with E-state index in [9.17, 15) is 4.79 Å². The van der Waals surface area contributed by atoms with Crippen molar-refractivity contribution in [3.63, 3.8) is 0 Å². The van der Waals surface area contributed by atoms with E-state index in [2.05, 4.69) is 9.99 Å². The van der Waals surface area contributed by atoms with Gasteiger partial charge in [0.15, 0.2) is 0 Å². The van der Waals surface area contributed by atoms with Crippen LogP contribution in [0.1, 0.15) is 0 Å². The highest BCUT2D eigenvalue weighted by Gasteiger charge is 2.06. The standard InChI is InChI=1S/C6H13N3O2/c1-8(2)6(10)9(3)5-7-11-4/h5H,1-4H3. The van der Waals surface area contributed by atoms with Crippen LogP contribution in [0.3, 0.4) is 0 Å². The van der Waals surface area contributed by atoms with Crippen LogP contribution in [0.2, 0.25) is 0 Å². The number of nitrogens with zero attached hydrogens (tertiary/aromatic N) is 3. The molecule has 0 unspecified atom stereocenters. The summed E-state index contributed by atoms with van der Waals surface area (Å²) in [6, 6.07) is -0.147. The Morgan fingerprint density at radius 2 is 2.00 bits per heavy atom. The van der Waals surface area contributed by atoms with Gasteiger partial charge in [0, 0.05) is 21.1 Å². The molecule has 0 bridgehead atoms. The van der Waals surface area contributed by atoms with Crippen LogP contribution in [0.15, 0.2) is 5.16 Å². The van der Waals surface area contributed by atoms with Gasteiger partial charge in [0.2, 0.25) is 0 Å². The van der Waals surface area contributed by atoms with Gasteiger partial charge >= 0.3 is 6.03 Å². The van der Waals surface area contributed by atoms with E-state index in [1.807, 2.05) is 0 Å². The molecule has 0 radical (unpaired) electrons. The van der Waals surface area contributed by atoms with Crippen LogP contribution in [0, 0.1) is 0 Å². The van der Waals surface area contributed by atoms with E-state index in [4.69, 9.17) is 0 Å². The van der Waals surface area contributed by atoms with E-state index < -0.39 is 0 Å². The number of oxime groups is 1. The topological polar surface area (TPSA) is 45.1 Å². The lowest BCUT2D eigenvalue weighted by molar-refractivity contribution is 0.193. The van der Waals surface area contributed by atoms with Gasteiger partial charge in [0.1, 0.15) is 13.4 Å². The summed E-state index contributed by atoms with van der Waals surface area (Å²) in [4.78, 5) is 18.2. The van der Waals surface area contributed by atoms with Crippen molar-refractivity contribution in [3.05, 3.63) is 0 Å². The van der Waals surface area contributed by atoms with Crippen molar-refractivity contribution in [3.8, 4) is 0 Å². The van der Waals surface area contributed by atoms with Crippen molar-refractivity contribution in [1.82, 2.24) is 9.80 Å². The Morgan fingerprint density at radius 1 is 1.45 bits per heavy atom. The lowest BCUT2D eigenvalue weighted by Crippen LogP contribution is -2.35. The van der Waals surface area contributed by atoms with Crippen molar-refractivity contribution in [2.75, 3.05) is 28.3 Å². The van der Waals surface area contributed by atoms with Gasteiger partial charge in [0.05, 0.1) is 0 Å². The number of amides is 2. The number of carbonyl (C=O) groups is 1. The van der Waals surface area contributed by atoms with Gasteiger partial charge in [-0.3, -0.25) is 4.90 Å². The van der Waals surface area contributed by atoms with E-state index in [0.29, 0.717) is 0 Å². The molecule has 5 heteroatoms. The molecule has 5 nitrogen and oxygen atoms in total. The maximum absolute atomic E-state index is 11.1. The first kappa shape index (κ1) is 9.74. The number of carbonyl (C=O) groups excluding carboxylic acids is 1. The maximum Gasteiger partial charge on any atom is 0.324 e. The molecule has 0 spiro atoms. The SMILES string of the molecule is CON=CN(C)C(=O)N(C)C. The van der Waals surface area contributed by atoms with Gasteiger partial charge in [0.25, 0.3) is 0 Å². The van der Waals surface area contributed by atoms with Crippen LogP contribution in [0.5, 0.6) is 0 Å². The van der Waals surface area contributed by atoms with Crippen LogP contribution >= 0.6 is 0 Å². The van der Waals surface area contributed by atoms with Crippen LogP contribution in [-0.2, 0) is 4.84 Å². The third-order valence-electron chi connectivity index (χ3n) is 1.01. The van der Waals surface area contributed by atoms with Gasteiger partial charge in [-0.2, -0.15) is 0 Å². The van der Waals surface area contributed by atoms with E-state index >= 15 is 0 Å². The Balaban J connectivity index is 3.93. The molecule has 0 aromatic rings. The first-order valence-electron chi connectivity index (χ1n) is 3.10. The smallest absolute Gasteiger partial charge is 0.324 e. The number of hydrogen-bond donors (Lipinski definition) is 0. The summed E-state index contributed by atoms with van der Waals surface area (Å²) in [5.74, 6) is 0. The second-order valence-electron chi connectivity index (χ2n) is 2.19. The Hall–Kier alpha value is -1.26. The zero-order valence-electron chi connectivity index (χ0n) is 7.24. The molecular formula is C6H13N3O2. The van der Waals surface area contributed by atoms with Gasteiger partial charge in [-0.05, 0) is 0 Å². The van der Waals surface area contributed by atoms with Crippen molar-refractivity contribution >= 4 is 12.4 Å². The Labute approximate surface area is 66.2 Å². The van der Waals surface area contributed by atoms with Crippen LogP contribution in [0.25, 0.3) is 0 Å².